The Hall–Kier alpha value is -1.75. The van der Waals surface area contributed by atoms with E-state index in [1.807, 2.05) is 12.1 Å². The van der Waals surface area contributed by atoms with Gasteiger partial charge in [0.05, 0.1) is 22.6 Å². The number of rotatable bonds is 7. The van der Waals surface area contributed by atoms with E-state index in [0.29, 0.717) is 22.5 Å². The standard InChI is InChI=1S/C26H33Cl2N3O/c1-2-30(21-12-13-23(27)24(28)17-21)19-26(32)31-16-8-11-22(20-9-4-3-5-10-20)25(31)18-29-14-6-7-15-29/h3-5,9-10,12-13,17,22,25H,2,6-8,11,14-16,18-19H2,1H3/t22-,25+/m1/s1. The second-order valence-electron chi connectivity index (χ2n) is 8.93. The zero-order valence-corrected chi connectivity index (χ0v) is 20.4. The van der Waals surface area contributed by atoms with Gasteiger partial charge in [0.1, 0.15) is 0 Å². The molecule has 2 aromatic rings. The average Bonchev–Trinajstić information content (AvgIpc) is 3.33. The van der Waals surface area contributed by atoms with Crippen molar-refractivity contribution in [1.82, 2.24) is 9.80 Å². The van der Waals surface area contributed by atoms with Crippen LogP contribution in [0.4, 0.5) is 5.69 Å². The number of benzene rings is 2. The summed E-state index contributed by atoms with van der Waals surface area (Å²) in [5.74, 6) is 0.581. The summed E-state index contributed by atoms with van der Waals surface area (Å²) in [6.45, 7) is 7.24. The van der Waals surface area contributed by atoms with Crippen LogP contribution in [-0.2, 0) is 4.79 Å². The smallest absolute Gasteiger partial charge is 0.242 e. The quantitative estimate of drug-likeness (QED) is 0.516. The van der Waals surface area contributed by atoms with Crippen molar-refractivity contribution in [2.45, 2.75) is 44.6 Å². The highest BCUT2D eigenvalue weighted by Gasteiger charge is 2.37. The Bertz CT molecular complexity index is 901. The maximum Gasteiger partial charge on any atom is 0.242 e. The average molecular weight is 474 g/mol. The van der Waals surface area contributed by atoms with Crippen molar-refractivity contribution in [3.63, 3.8) is 0 Å². The number of nitrogens with zero attached hydrogens (tertiary/aromatic N) is 3. The third-order valence-electron chi connectivity index (χ3n) is 6.95. The number of carbonyl (C=O) groups is 1. The zero-order chi connectivity index (χ0) is 22.5. The monoisotopic (exact) mass is 473 g/mol. The van der Waals surface area contributed by atoms with Crippen molar-refractivity contribution in [2.24, 2.45) is 0 Å². The maximum atomic E-state index is 13.7. The van der Waals surface area contributed by atoms with Gasteiger partial charge in [-0.25, -0.2) is 0 Å². The van der Waals surface area contributed by atoms with E-state index in [4.69, 9.17) is 23.2 Å². The summed E-state index contributed by atoms with van der Waals surface area (Å²) in [6, 6.07) is 16.6. The SMILES string of the molecule is CCN(CC(=O)N1CCC[C@H](c2ccccc2)[C@@H]1CN1CCCC1)c1ccc(Cl)c(Cl)c1. The van der Waals surface area contributed by atoms with E-state index < -0.39 is 0 Å². The highest BCUT2D eigenvalue weighted by Crippen LogP contribution is 2.34. The predicted octanol–water partition coefficient (Wildman–Crippen LogP) is 5.69. The lowest BCUT2D eigenvalue weighted by molar-refractivity contribution is -0.134. The van der Waals surface area contributed by atoms with E-state index in [2.05, 4.69) is 52.0 Å². The first-order valence-electron chi connectivity index (χ1n) is 11.8. The first kappa shape index (κ1) is 23.4. The van der Waals surface area contributed by atoms with Crippen molar-refractivity contribution >= 4 is 34.8 Å². The number of hydrogen-bond acceptors (Lipinski definition) is 3. The van der Waals surface area contributed by atoms with Crippen LogP contribution in [0.5, 0.6) is 0 Å². The van der Waals surface area contributed by atoms with Crippen LogP contribution in [0, 0.1) is 0 Å². The third-order valence-corrected chi connectivity index (χ3v) is 7.69. The number of carbonyl (C=O) groups excluding carboxylic acids is 1. The maximum absolute atomic E-state index is 13.7. The van der Waals surface area contributed by atoms with Crippen molar-refractivity contribution in [1.29, 1.82) is 0 Å². The Morgan fingerprint density at radius 2 is 1.75 bits per heavy atom. The summed E-state index contributed by atoms with van der Waals surface area (Å²) in [6.07, 6.45) is 4.70. The van der Waals surface area contributed by atoms with Gasteiger partial charge in [-0.15, -0.1) is 0 Å². The largest absolute Gasteiger partial charge is 0.362 e. The molecule has 32 heavy (non-hydrogen) atoms. The fraction of sp³-hybridized carbons (Fsp3) is 0.500. The highest BCUT2D eigenvalue weighted by molar-refractivity contribution is 6.42. The Kier molecular flexibility index (Phi) is 7.98. The van der Waals surface area contributed by atoms with Crippen LogP contribution < -0.4 is 4.90 Å². The lowest BCUT2D eigenvalue weighted by Gasteiger charge is -2.44. The Balaban J connectivity index is 1.55. The fourth-order valence-corrected chi connectivity index (χ4v) is 5.53. The van der Waals surface area contributed by atoms with Crippen LogP contribution in [0.15, 0.2) is 48.5 Å². The number of likely N-dealkylation sites (tertiary alicyclic amines) is 2. The highest BCUT2D eigenvalue weighted by atomic mass is 35.5. The van der Waals surface area contributed by atoms with E-state index in [0.717, 1.165) is 51.3 Å². The van der Waals surface area contributed by atoms with Gasteiger partial charge in [0.2, 0.25) is 5.91 Å². The van der Waals surface area contributed by atoms with Crippen LogP contribution in [0.2, 0.25) is 10.0 Å². The molecule has 172 valence electrons. The molecule has 0 radical (unpaired) electrons. The van der Waals surface area contributed by atoms with Crippen LogP contribution in [0.3, 0.4) is 0 Å². The molecular formula is C26H33Cl2N3O. The van der Waals surface area contributed by atoms with Crippen molar-refractivity contribution in [3.8, 4) is 0 Å². The first-order chi connectivity index (χ1) is 15.6. The summed E-state index contributed by atoms with van der Waals surface area (Å²) in [5, 5.41) is 1.05. The van der Waals surface area contributed by atoms with Gasteiger partial charge in [-0.3, -0.25) is 4.79 Å². The molecule has 0 unspecified atom stereocenters. The topological polar surface area (TPSA) is 26.8 Å². The summed E-state index contributed by atoms with van der Waals surface area (Å²) >= 11 is 12.3. The molecular weight excluding hydrogens is 441 g/mol. The predicted molar refractivity (Wildman–Crippen MR) is 134 cm³/mol. The van der Waals surface area contributed by atoms with E-state index in [1.165, 1.54) is 18.4 Å². The van der Waals surface area contributed by atoms with Crippen LogP contribution in [0.1, 0.15) is 44.1 Å². The van der Waals surface area contributed by atoms with E-state index in [9.17, 15) is 4.79 Å². The van der Waals surface area contributed by atoms with Gasteiger partial charge in [0.25, 0.3) is 0 Å². The fourth-order valence-electron chi connectivity index (χ4n) is 5.23. The zero-order valence-electron chi connectivity index (χ0n) is 18.9. The van der Waals surface area contributed by atoms with Gasteiger partial charge in [-0.1, -0.05) is 53.5 Å². The molecule has 1 amide bonds. The Labute approximate surface area is 202 Å². The van der Waals surface area contributed by atoms with Gasteiger partial charge in [0.15, 0.2) is 0 Å². The molecule has 2 aliphatic rings. The minimum atomic E-state index is 0.197. The van der Waals surface area contributed by atoms with Gasteiger partial charge >= 0.3 is 0 Å². The molecule has 2 aliphatic heterocycles. The molecule has 0 aliphatic carbocycles. The third kappa shape index (κ3) is 5.41. The molecule has 0 saturated carbocycles. The van der Waals surface area contributed by atoms with Gasteiger partial charge in [0, 0.05) is 31.2 Å². The van der Waals surface area contributed by atoms with Crippen LogP contribution in [-0.4, -0.2) is 61.0 Å². The van der Waals surface area contributed by atoms with Crippen molar-refractivity contribution in [2.75, 3.05) is 44.2 Å². The van der Waals surface area contributed by atoms with Crippen molar-refractivity contribution < 1.29 is 4.79 Å². The van der Waals surface area contributed by atoms with Gasteiger partial charge < -0.3 is 14.7 Å². The lowest BCUT2D eigenvalue weighted by atomic mass is 9.83. The molecule has 6 heteroatoms. The molecule has 0 spiro atoms. The molecule has 0 aromatic heterocycles. The number of hydrogen-bond donors (Lipinski definition) is 0. The molecule has 0 N–H and O–H groups in total. The molecule has 2 saturated heterocycles. The number of amides is 1. The summed E-state index contributed by atoms with van der Waals surface area (Å²) < 4.78 is 0. The normalized spacial score (nSPS) is 21.7. The number of likely N-dealkylation sites (N-methyl/N-ethyl adjacent to an activating group) is 1. The number of piperidine rings is 1. The van der Waals surface area contributed by atoms with E-state index >= 15 is 0 Å². The second kappa shape index (κ2) is 10.9. The molecule has 0 bridgehead atoms. The Morgan fingerprint density at radius 3 is 2.44 bits per heavy atom. The molecule has 2 fully saturated rings. The molecule has 2 atom stereocenters. The number of anilines is 1. The van der Waals surface area contributed by atoms with E-state index in [1.54, 1.807) is 6.07 Å². The van der Waals surface area contributed by atoms with Gasteiger partial charge in [-0.05, 0) is 69.5 Å². The minimum absolute atomic E-state index is 0.197. The van der Waals surface area contributed by atoms with Gasteiger partial charge in [-0.2, -0.15) is 0 Å². The molecule has 2 aromatic carbocycles. The second-order valence-corrected chi connectivity index (χ2v) is 9.75. The first-order valence-corrected chi connectivity index (χ1v) is 12.6. The lowest BCUT2D eigenvalue weighted by Crippen LogP contribution is -2.54. The summed E-state index contributed by atoms with van der Waals surface area (Å²) in [4.78, 5) is 20.5. The van der Waals surface area contributed by atoms with Crippen LogP contribution in [0.25, 0.3) is 0 Å². The minimum Gasteiger partial charge on any atom is -0.362 e. The Morgan fingerprint density at radius 1 is 1.00 bits per heavy atom. The van der Waals surface area contributed by atoms with Crippen molar-refractivity contribution in [3.05, 3.63) is 64.1 Å². The summed E-state index contributed by atoms with van der Waals surface area (Å²) in [7, 11) is 0. The molecule has 4 rings (SSSR count). The molecule has 4 nitrogen and oxygen atoms in total. The van der Waals surface area contributed by atoms with Crippen LogP contribution >= 0.6 is 23.2 Å². The molecule has 2 heterocycles. The van der Waals surface area contributed by atoms with E-state index in [-0.39, 0.29) is 11.9 Å². The summed E-state index contributed by atoms with van der Waals surface area (Å²) in [5.41, 5.74) is 2.29. The number of halogens is 2.